The smallest absolute Gasteiger partial charge is 0.281 e. The number of nitrogens with zero attached hydrogens (tertiary/aromatic N) is 1. The minimum atomic E-state index is -4.10. The number of nitrogens with one attached hydrogen (secondary N) is 3. The topological polar surface area (TPSA) is 139 Å². The number of amides is 1. The average molecular weight is 618 g/mol. The molecule has 0 aliphatic carbocycles. The lowest BCUT2D eigenvalue weighted by Gasteiger charge is -2.11. The molecule has 0 spiro atoms. The number of carbonyl (C=O) groups excluding carboxylic acids is 1. The van der Waals surface area contributed by atoms with Gasteiger partial charge in [0.25, 0.3) is 15.9 Å². The molecule has 2 heterocycles. The maximum absolute atomic E-state index is 13.6. The van der Waals surface area contributed by atoms with Crippen LogP contribution in [0.25, 0.3) is 22.0 Å². The number of benzene rings is 3. The summed E-state index contributed by atoms with van der Waals surface area (Å²) in [4.78, 5) is 21.2. The van der Waals surface area contributed by atoms with E-state index < -0.39 is 15.9 Å². The van der Waals surface area contributed by atoms with Crippen LogP contribution in [0.5, 0.6) is 5.75 Å². The second kappa shape index (κ2) is 12.5. The van der Waals surface area contributed by atoms with Gasteiger partial charge < -0.3 is 15.1 Å². The quantitative estimate of drug-likeness (QED) is 0.0828. The van der Waals surface area contributed by atoms with E-state index in [1.807, 2.05) is 57.2 Å². The third kappa shape index (κ3) is 6.36. The van der Waals surface area contributed by atoms with Crippen molar-refractivity contribution in [2.24, 2.45) is 5.84 Å². The summed E-state index contributed by atoms with van der Waals surface area (Å²) in [5.74, 6) is 6.03. The fraction of sp³-hybridized carbons (Fsp3) is 0.188. The number of aryl methyl sites for hydroxylation is 4. The second-order valence-corrected chi connectivity index (χ2v) is 12.4. The number of nitrogens with two attached hydrogens (primary N) is 1. The standard InChI is InChI=1S/C32H32ClN5O4S/c1-19-17-28(37-34)35-18-27(19)26-12-7-11-24-25(13-8-14-42-22-15-20(2)29(33)21(3)16-22)31(36-30(24)26)32(39)38-43(40,41)23-9-5-4-6-10-23/h4-7,9-12,15-18,36H,8,13-14,34H2,1-3H3,(H,35,37)(H,38,39). The minimum Gasteiger partial charge on any atom is -0.494 e. The van der Waals surface area contributed by atoms with Gasteiger partial charge in [-0.3, -0.25) is 4.79 Å². The Morgan fingerprint density at radius 3 is 2.37 bits per heavy atom. The van der Waals surface area contributed by atoms with Crippen LogP contribution in [0.1, 0.15) is 39.2 Å². The molecule has 0 saturated carbocycles. The van der Waals surface area contributed by atoms with Gasteiger partial charge >= 0.3 is 0 Å². The van der Waals surface area contributed by atoms with Crippen molar-refractivity contribution in [3.05, 3.63) is 106 Å². The number of aromatic nitrogens is 2. The first-order valence-corrected chi connectivity index (χ1v) is 15.5. The number of hydrogen-bond donors (Lipinski definition) is 4. The van der Waals surface area contributed by atoms with Crippen LogP contribution >= 0.6 is 11.6 Å². The molecule has 222 valence electrons. The number of carbonyl (C=O) groups is 1. The molecule has 1 amide bonds. The third-order valence-electron chi connectivity index (χ3n) is 7.25. The van der Waals surface area contributed by atoms with Gasteiger partial charge in [-0.1, -0.05) is 48.0 Å². The number of anilines is 1. The van der Waals surface area contributed by atoms with E-state index in [1.165, 1.54) is 12.1 Å². The number of sulfonamides is 1. The summed E-state index contributed by atoms with van der Waals surface area (Å²) < 4.78 is 34.3. The van der Waals surface area contributed by atoms with Crippen molar-refractivity contribution in [3.8, 4) is 16.9 Å². The van der Waals surface area contributed by atoms with Crippen LogP contribution in [0.3, 0.4) is 0 Å². The Morgan fingerprint density at radius 1 is 0.977 bits per heavy atom. The van der Waals surface area contributed by atoms with Gasteiger partial charge in [-0.25, -0.2) is 24.0 Å². The minimum absolute atomic E-state index is 0.000969. The summed E-state index contributed by atoms with van der Waals surface area (Å²) in [5, 5.41) is 1.51. The zero-order valence-corrected chi connectivity index (χ0v) is 25.6. The summed E-state index contributed by atoms with van der Waals surface area (Å²) in [6.07, 6.45) is 2.74. The highest BCUT2D eigenvalue weighted by Crippen LogP contribution is 2.34. The Kier molecular flexibility index (Phi) is 8.72. The van der Waals surface area contributed by atoms with Gasteiger partial charge in [-0.2, -0.15) is 0 Å². The van der Waals surface area contributed by atoms with E-state index in [0.29, 0.717) is 47.1 Å². The zero-order valence-electron chi connectivity index (χ0n) is 24.0. The van der Waals surface area contributed by atoms with Gasteiger partial charge in [0.05, 0.1) is 17.0 Å². The number of hydrazine groups is 1. The van der Waals surface area contributed by atoms with Crippen LogP contribution in [0, 0.1) is 20.8 Å². The highest BCUT2D eigenvalue weighted by Gasteiger charge is 2.25. The molecule has 0 aliphatic heterocycles. The van der Waals surface area contributed by atoms with Gasteiger partial charge in [0.2, 0.25) is 0 Å². The second-order valence-electron chi connectivity index (χ2n) is 10.3. The number of hydrogen-bond acceptors (Lipinski definition) is 7. The third-order valence-corrected chi connectivity index (χ3v) is 9.19. The van der Waals surface area contributed by atoms with Crippen molar-refractivity contribution in [1.82, 2.24) is 14.7 Å². The molecule has 2 aromatic heterocycles. The maximum Gasteiger partial charge on any atom is 0.281 e. The summed E-state index contributed by atoms with van der Waals surface area (Å²) in [6, 6.07) is 19.1. The SMILES string of the molecule is Cc1cc(NN)ncc1-c1cccc2c(CCCOc3cc(C)c(Cl)c(C)c3)c(C(=O)NS(=O)(=O)c3ccccc3)[nH]c12. The molecular formula is C32H32ClN5O4S. The predicted octanol–water partition coefficient (Wildman–Crippen LogP) is 6.22. The number of ether oxygens (including phenoxy) is 1. The number of nitrogen functional groups attached to an aromatic ring is 1. The molecule has 0 atom stereocenters. The lowest BCUT2D eigenvalue weighted by Crippen LogP contribution is -2.31. The summed E-state index contributed by atoms with van der Waals surface area (Å²) in [5.41, 5.74) is 8.56. The van der Waals surface area contributed by atoms with E-state index in [0.717, 1.165) is 33.2 Å². The molecule has 0 aliphatic rings. The van der Waals surface area contributed by atoms with Crippen LogP contribution in [0.15, 0.2) is 77.8 Å². The molecule has 11 heteroatoms. The molecule has 5 N–H and O–H groups in total. The molecular weight excluding hydrogens is 586 g/mol. The highest BCUT2D eigenvalue weighted by molar-refractivity contribution is 7.90. The average Bonchev–Trinajstić information content (AvgIpc) is 3.37. The van der Waals surface area contributed by atoms with E-state index in [9.17, 15) is 13.2 Å². The number of H-pyrrole nitrogens is 1. The summed E-state index contributed by atoms with van der Waals surface area (Å²) >= 11 is 6.30. The molecule has 0 bridgehead atoms. The van der Waals surface area contributed by atoms with Crippen LogP contribution in [-0.4, -0.2) is 30.9 Å². The van der Waals surface area contributed by atoms with Crippen molar-refractivity contribution >= 4 is 44.3 Å². The molecule has 0 saturated heterocycles. The van der Waals surface area contributed by atoms with Crippen molar-refractivity contribution in [1.29, 1.82) is 0 Å². The Labute approximate surface area is 255 Å². The van der Waals surface area contributed by atoms with Gasteiger partial charge in [-0.15, -0.1) is 0 Å². The van der Waals surface area contributed by atoms with Crippen molar-refractivity contribution in [2.45, 2.75) is 38.5 Å². The monoisotopic (exact) mass is 617 g/mol. The Hall–Kier alpha value is -4.38. The van der Waals surface area contributed by atoms with Gasteiger partial charge in [0.1, 0.15) is 17.3 Å². The Balaban J connectivity index is 1.50. The number of fused-ring (bicyclic) bond motifs is 1. The molecule has 5 aromatic rings. The van der Waals surface area contributed by atoms with E-state index >= 15 is 0 Å². The Morgan fingerprint density at radius 2 is 1.70 bits per heavy atom. The first-order chi connectivity index (χ1) is 20.6. The van der Waals surface area contributed by atoms with E-state index in [2.05, 4.69) is 20.1 Å². The molecule has 0 fully saturated rings. The van der Waals surface area contributed by atoms with Gasteiger partial charge in [0, 0.05) is 27.7 Å². The Bertz CT molecular complexity index is 1900. The maximum atomic E-state index is 13.6. The molecule has 3 aromatic carbocycles. The fourth-order valence-electron chi connectivity index (χ4n) is 5.13. The van der Waals surface area contributed by atoms with Crippen LogP contribution < -0.4 is 20.7 Å². The number of aromatic amines is 1. The lowest BCUT2D eigenvalue weighted by molar-refractivity contribution is 0.0976. The number of halogens is 1. The number of rotatable bonds is 10. The molecule has 9 nitrogen and oxygen atoms in total. The van der Waals surface area contributed by atoms with Crippen LogP contribution in [0.2, 0.25) is 5.02 Å². The van der Waals surface area contributed by atoms with Crippen LogP contribution in [0.4, 0.5) is 5.82 Å². The lowest BCUT2D eigenvalue weighted by atomic mass is 9.98. The normalized spacial score (nSPS) is 11.5. The predicted molar refractivity (Wildman–Crippen MR) is 170 cm³/mol. The van der Waals surface area contributed by atoms with Crippen LogP contribution in [-0.2, 0) is 16.4 Å². The summed E-state index contributed by atoms with van der Waals surface area (Å²) in [7, 11) is -4.10. The largest absolute Gasteiger partial charge is 0.494 e. The van der Waals surface area contributed by atoms with Gasteiger partial charge in [-0.05, 0) is 86.2 Å². The van der Waals surface area contributed by atoms with Crippen molar-refractivity contribution in [3.63, 3.8) is 0 Å². The van der Waals surface area contributed by atoms with E-state index in [1.54, 1.807) is 24.4 Å². The number of pyridine rings is 1. The zero-order chi connectivity index (χ0) is 30.7. The molecule has 43 heavy (non-hydrogen) atoms. The molecule has 5 rings (SSSR count). The first kappa shape index (κ1) is 30.1. The van der Waals surface area contributed by atoms with Gasteiger partial charge in [0.15, 0.2) is 0 Å². The highest BCUT2D eigenvalue weighted by atomic mass is 35.5. The van der Waals surface area contributed by atoms with Crippen molar-refractivity contribution < 1.29 is 17.9 Å². The number of para-hydroxylation sites is 1. The first-order valence-electron chi connectivity index (χ1n) is 13.7. The molecule has 0 radical (unpaired) electrons. The van der Waals surface area contributed by atoms with E-state index in [-0.39, 0.29) is 10.6 Å². The van der Waals surface area contributed by atoms with Crippen molar-refractivity contribution in [2.75, 3.05) is 12.0 Å². The fourth-order valence-corrected chi connectivity index (χ4v) is 6.22. The van der Waals surface area contributed by atoms with E-state index in [4.69, 9.17) is 22.2 Å². The summed E-state index contributed by atoms with van der Waals surface area (Å²) in [6.45, 7) is 6.18. The molecule has 0 unspecified atom stereocenters.